The molecule has 1 saturated carbocycles. The normalized spacial score (nSPS) is 45.0. The summed E-state index contributed by atoms with van der Waals surface area (Å²) in [7, 11) is 0. The second-order valence-electron chi connectivity index (χ2n) is 3.83. The zero-order valence-corrected chi connectivity index (χ0v) is 6.83. The molecule has 11 heavy (non-hydrogen) atoms. The van der Waals surface area contributed by atoms with E-state index in [-0.39, 0.29) is 0 Å². The number of aliphatic hydroxyl groups excluding tert-OH is 1. The third-order valence-electron chi connectivity index (χ3n) is 3.07. The summed E-state index contributed by atoms with van der Waals surface area (Å²) in [5.74, 6) is 1.51. The van der Waals surface area contributed by atoms with Gasteiger partial charge in [0.2, 0.25) is 0 Å². The number of fused-ring (bicyclic) bond motifs is 1. The van der Waals surface area contributed by atoms with Crippen molar-refractivity contribution < 1.29 is 9.84 Å². The molecule has 2 aliphatic rings. The van der Waals surface area contributed by atoms with E-state index in [2.05, 4.69) is 0 Å². The van der Waals surface area contributed by atoms with Crippen LogP contribution in [0.4, 0.5) is 0 Å². The van der Waals surface area contributed by atoms with Crippen LogP contribution in [-0.2, 0) is 4.74 Å². The highest BCUT2D eigenvalue weighted by atomic mass is 16.6. The van der Waals surface area contributed by atoms with Gasteiger partial charge in [0.15, 0.2) is 6.29 Å². The number of rotatable bonds is 0. The van der Waals surface area contributed by atoms with Gasteiger partial charge < -0.3 is 9.84 Å². The van der Waals surface area contributed by atoms with E-state index in [0.717, 1.165) is 24.9 Å². The van der Waals surface area contributed by atoms with Crippen LogP contribution in [0.3, 0.4) is 0 Å². The van der Waals surface area contributed by atoms with Gasteiger partial charge in [0.05, 0.1) is 6.61 Å². The standard InChI is InChI=1S/C9H16O2/c10-9-5-7-3-1-2-4-8(7)6-11-9/h7-10H,1-6H2. The highest BCUT2D eigenvalue weighted by Gasteiger charge is 2.31. The van der Waals surface area contributed by atoms with Crippen molar-refractivity contribution in [2.75, 3.05) is 6.61 Å². The Balaban J connectivity index is 1.93. The molecular weight excluding hydrogens is 140 g/mol. The maximum absolute atomic E-state index is 9.23. The van der Waals surface area contributed by atoms with Gasteiger partial charge in [-0.25, -0.2) is 0 Å². The van der Waals surface area contributed by atoms with E-state index in [1.54, 1.807) is 0 Å². The molecule has 2 rings (SSSR count). The lowest BCUT2D eigenvalue weighted by Crippen LogP contribution is -2.35. The van der Waals surface area contributed by atoms with Crippen molar-refractivity contribution in [3.63, 3.8) is 0 Å². The number of hydrogen-bond donors (Lipinski definition) is 1. The maximum Gasteiger partial charge on any atom is 0.154 e. The summed E-state index contributed by atoms with van der Waals surface area (Å²) in [6, 6.07) is 0. The van der Waals surface area contributed by atoms with E-state index >= 15 is 0 Å². The number of hydrogen-bond acceptors (Lipinski definition) is 2. The molecule has 1 saturated heterocycles. The topological polar surface area (TPSA) is 29.5 Å². The van der Waals surface area contributed by atoms with E-state index in [1.807, 2.05) is 0 Å². The molecule has 0 aromatic carbocycles. The predicted octanol–water partition coefficient (Wildman–Crippen LogP) is 1.53. The molecule has 0 bridgehead atoms. The van der Waals surface area contributed by atoms with Gasteiger partial charge in [0, 0.05) is 6.42 Å². The van der Waals surface area contributed by atoms with E-state index in [0.29, 0.717) is 0 Å². The first-order chi connectivity index (χ1) is 5.36. The van der Waals surface area contributed by atoms with Crippen molar-refractivity contribution in [2.45, 2.75) is 38.4 Å². The Morgan fingerprint density at radius 3 is 2.64 bits per heavy atom. The monoisotopic (exact) mass is 156 g/mol. The van der Waals surface area contributed by atoms with E-state index in [4.69, 9.17) is 4.74 Å². The third kappa shape index (κ3) is 1.57. The van der Waals surface area contributed by atoms with Gasteiger partial charge in [-0.15, -0.1) is 0 Å². The van der Waals surface area contributed by atoms with Crippen LogP contribution in [0.2, 0.25) is 0 Å². The van der Waals surface area contributed by atoms with Gasteiger partial charge >= 0.3 is 0 Å². The average molecular weight is 156 g/mol. The molecule has 1 heterocycles. The molecule has 0 aromatic heterocycles. The Kier molecular flexibility index (Phi) is 2.14. The Morgan fingerprint density at radius 2 is 1.82 bits per heavy atom. The first-order valence-corrected chi connectivity index (χ1v) is 4.66. The summed E-state index contributed by atoms with van der Waals surface area (Å²) < 4.78 is 5.20. The van der Waals surface area contributed by atoms with Crippen molar-refractivity contribution >= 4 is 0 Å². The van der Waals surface area contributed by atoms with E-state index in [9.17, 15) is 5.11 Å². The molecule has 0 amide bonds. The lowest BCUT2D eigenvalue weighted by atomic mass is 9.76. The molecule has 1 aliphatic carbocycles. The fourth-order valence-corrected chi connectivity index (χ4v) is 2.38. The minimum absolute atomic E-state index is 0.464. The van der Waals surface area contributed by atoms with Crippen LogP contribution in [0.15, 0.2) is 0 Å². The van der Waals surface area contributed by atoms with Crippen molar-refractivity contribution in [1.29, 1.82) is 0 Å². The quantitative estimate of drug-likeness (QED) is 0.576. The van der Waals surface area contributed by atoms with Crippen molar-refractivity contribution in [3.05, 3.63) is 0 Å². The molecule has 2 heteroatoms. The third-order valence-corrected chi connectivity index (χ3v) is 3.07. The molecule has 2 fully saturated rings. The average Bonchev–Trinajstić information content (AvgIpc) is 2.04. The first-order valence-electron chi connectivity index (χ1n) is 4.66. The van der Waals surface area contributed by atoms with E-state index in [1.165, 1.54) is 25.7 Å². The second-order valence-corrected chi connectivity index (χ2v) is 3.83. The molecule has 0 aromatic rings. The first kappa shape index (κ1) is 7.56. The molecule has 1 aliphatic heterocycles. The predicted molar refractivity (Wildman–Crippen MR) is 42.0 cm³/mol. The highest BCUT2D eigenvalue weighted by molar-refractivity contribution is 4.78. The zero-order valence-electron chi connectivity index (χ0n) is 6.83. The molecule has 2 nitrogen and oxygen atoms in total. The van der Waals surface area contributed by atoms with Gasteiger partial charge in [-0.3, -0.25) is 0 Å². The maximum atomic E-state index is 9.23. The molecule has 1 N–H and O–H groups in total. The Morgan fingerprint density at radius 1 is 1.09 bits per heavy atom. The number of ether oxygens (including phenoxy) is 1. The summed E-state index contributed by atoms with van der Waals surface area (Å²) in [6.07, 6.45) is 5.76. The van der Waals surface area contributed by atoms with Crippen molar-refractivity contribution in [2.24, 2.45) is 11.8 Å². The highest BCUT2D eigenvalue weighted by Crippen LogP contribution is 2.36. The molecule has 64 valence electrons. The van der Waals surface area contributed by atoms with Crippen LogP contribution in [0, 0.1) is 11.8 Å². The Bertz CT molecular complexity index is 136. The molecule has 0 spiro atoms. The minimum Gasteiger partial charge on any atom is -0.368 e. The molecule has 3 unspecified atom stereocenters. The fraction of sp³-hybridized carbons (Fsp3) is 1.00. The van der Waals surface area contributed by atoms with Crippen molar-refractivity contribution in [3.8, 4) is 0 Å². The molecule has 3 atom stereocenters. The van der Waals surface area contributed by atoms with Crippen LogP contribution < -0.4 is 0 Å². The van der Waals surface area contributed by atoms with Gasteiger partial charge in [0.25, 0.3) is 0 Å². The Hall–Kier alpha value is -0.0800. The zero-order chi connectivity index (χ0) is 7.68. The summed E-state index contributed by atoms with van der Waals surface area (Å²) in [4.78, 5) is 0. The van der Waals surface area contributed by atoms with Crippen LogP contribution in [0.1, 0.15) is 32.1 Å². The minimum atomic E-state index is -0.464. The SMILES string of the molecule is OC1CC2CCCCC2CO1. The molecule has 0 radical (unpaired) electrons. The van der Waals surface area contributed by atoms with Crippen molar-refractivity contribution in [1.82, 2.24) is 0 Å². The van der Waals surface area contributed by atoms with Gasteiger partial charge in [-0.1, -0.05) is 12.8 Å². The van der Waals surface area contributed by atoms with Crippen LogP contribution in [0.25, 0.3) is 0 Å². The fourth-order valence-electron chi connectivity index (χ4n) is 2.38. The summed E-state index contributed by atoms with van der Waals surface area (Å²) in [6.45, 7) is 0.797. The largest absolute Gasteiger partial charge is 0.368 e. The van der Waals surface area contributed by atoms with Crippen LogP contribution in [0.5, 0.6) is 0 Å². The van der Waals surface area contributed by atoms with E-state index < -0.39 is 6.29 Å². The Labute approximate surface area is 67.6 Å². The van der Waals surface area contributed by atoms with Crippen LogP contribution in [-0.4, -0.2) is 18.0 Å². The summed E-state index contributed by atoms with van der Waals surface area (Å²) in [5.41, 5.74) is 0. The summed E-state index contributed by atoms with van der Waals surface area (Å²) in [5, 5.41) is 9.23. The lowest BCUT2D eigenvalue weighted by molar-refractivity contribution is -0.164. The van der Waals surface area contributed by atoms with Crippen LogP contribution >= 0.6 is 0 Å². The molecular formula is C9H16O2. The number of aliphatic hydroxyl groups is 1. The second kappa shape index (κ2) is 3.11. The summed E-state index contributed by atoms with van der Waals surface area (Å²) >= 11 is 0. The lowest BCUT2D eigenvalue weighted by Gasteiger charge is -2.37. The van der Waals surface area contributed by atoms with Gasteiger partial charge in [-0.05, 0) is 24.7 Å². The van der Waals surface area contributed by atoms with Gasteiger partial charge in [0.1, 0.15) is 0 Å². The van der Waals surface area contributed by atoms with Gasteiger partial charge in [-0.2, -0.15) is 0 Å². The smallest absolute Gasteiger partial charge is 0.154 e.